The van der Waals surface area contributed by atoms with Gasteiger partial charge >= 0.3 is 0 Å². The molecule has 0 atom stereocenters. The zero-order valence-electron chi connectivity index (χ0n) is 18.5. The van der Waals surface area contributed by atoms with Crippen LogP contribution in [0.1, 0.15) is 28.4 Å². The third kappa shape index (κ3) is 4.69. The normalized spacial score (nSPS) is 13.5. The Kier molecular flexibility index (Phi) is 6.72. The summed E-state index contributed by atoms with van der Waals surface area (Å²) in [5.74, 6) is -1.50. The zero-order chi connectivity index (χ0) is 24.4. The topological polar surface area (TPSA) is 78.5 Å². The second-order valence-electron chi connectivity index (χ2n) is 7.77. The number of amides is 3. The van der Waals surface area contributed by atoms with Gasteiger partial charge in [0, 0.05) is 22.0 Å². The van der Waals surface area contributed by atoms with Gasteiger partial charge in [-0.05, 0) is 73.0 Å². The summed E-state index contributed by atoms with van der Waals surface area (Å²) in [5, 5.41) is 6.12. The smallest absolute Gasteiger partial charge is 0.283 e. The van der Waals surface area contributed by atoms with Crippen molar-refractivity contribution in [3.8, 4) is 0 Å². The van der Waals surface area contributed by atoms with Gasteiger partial charge in [0.2, 0.25) is 0 Å². The standard InChI is InChI=1S/C26H21Cl2N3O3/c1-3-16-7-10-20(11-8-16)31-25(33)22(28)23(26(31)34)29-19-6-4-5-17(14-19)24(32)30-21-12-9-18(27)13-15(21)2/h4-14,29H,3H2,1-2H3,(H,30,32). The molecule has 0 radical (unpaired) electrons. The predicted molar refractivity (Wildman–Crippen MR) is 135 cm³/mol. The lowest BCUT2D eigenvalue weighted by Crippen LogP contribution is -2.32. The summed E-state index contributed by atoms with van der Waals surface area (Å²) in [7, 11) is 0. The number of hydrogen-bond donors (Lipinski definition) is 2. The summed E-state index contributed by atoms with van der Waals surface area (Å²) >= 11 is 12.2. The van der Waals surface area contributed by atoms with E-state index in [1.165, 1.54) is 0 Å². The van der Waals surface area contributed by atoms with Crippen LogP contribution >= 0.6 is 23.2 Å². The van der Waals surface area contributed by atoms with E-state index < -0.39 is 11.8 Å². The van der Waals surface area contributed by atoms with Crippen LogP contribution in [-0.2, 0) is 16.0 Å². The molecule has 1 aliphatic heterocycles. The third-order valence-electron chi connectivity index (χ3n) is 5.46. The van der Waals surface area contributed by atoms with E-state index in [1.54, 1.807) is 54.6 Å². The maximum absolute atomic E-state index is 13.0. The molecule has 0 fully saturated rings. The molecule has 3 amide bonds. The Morgan fingerprint density at radius 2 is 1.68 bits per heavy atom. The number of benzene rings is 3. The van der Waals surface area contributed by atoms with Gasteiger partial charge in [0.05, 0.1) is 5.69 Å². The van der Waals surface area contributed by atoms with E-state index in [0.717, 1.165) is 22.4 Å². The molecule has 1 heterocycles. The first-order valence-corrected chi connectivity index (χ1v) is 11.4. The van der Waals surface area contributed by atoms with Crippen molar-refractivity contribution in [1.29, 1.82) is 0 Å². The SMILES string of the molecule is CCc1ccc(N2C(=O)C(Cl)=C(Nc3cccc(C(=O)Nc4ccc(Cl)cc4C)c3)C2=O)cc1. The molecule has 6 nitrogen and oxygen atoms in total. The van der Waals surface area contributed by atoms with Gasteiger partial charge in [-0.1, -0.05) is 48.3 Å². The molecule has 0 saturated carbocycles. The Balaban J connectivity index is 1.53. The molecule has 0 bridgehead atoms. The van der Waals surface area contributed by atoms with Crippen molar-refractivity contribution < 1.29 is 14.4 Å². The Morgan fingerprint density at radius 3 is 2.35 bits per heavy atom. The van der Waals surface area contributed by atoms with Gasteiger partial charge in [0.1, 0.15) is 10.7 Å². The highest BCUT2D eigenvalue weighted by Crippen LogP contribution is 2.30. The number of halogens is 2. The Morgan fingerprint density at radius 1 is 0.941 bits per heavy atom. The molecular formula is C26H21Cl2N3O3. The van der Waals surface area contributed by atoms with Crippen molar-refractivity contribution in [2.24, 2.45) is 0 Å². The number of carbonyl (C=O) groups excluding carboxylic acids is 3. The predicted octanol–water partition coefficient (Wildman–Crippen LogP) is 5.90. The highest BCUT2D eigenvalue weighted by atomic mass is 35.5. The summed E-state index contributed by atoms with van der Waals surface area (Å²) in [5.41, 5.74) is 3.75. The van der Waals surface area contributed by atoms with Crippen molar-refractivity contribution in [2.45, 2.75) is 20.3 Å². The second kappa shape index (κ2) is 9.71. The van der Waals surface area contributed by atoms with Crippen LogP contribution in [0, 0.1) is 6.92 Å². The Labute approximate surface area is 207 Å². The van der Waals surface area contributed by atoms with Crippen LogP contribution < -0.4 is 15.5 Å². The molecule has 34 heavy (non-hydrogen) atoms. The van der Waals surface area contributed by atoms with Crippen molar-refractivity contribution in [3.63, 3.8) is 0 Å². The van der Waals surface area contributed by atoms with Crippen LogP contribution in [-0.4, -0.2) is 17.7 Å². The van der Waals surface area contributed by atoms with Crippen LogP contribution in [0.4, 0.5) is 17.1 Å². The molecule has 1 aliphatic rings. The fraction of sp³-hybridized carbons (Fsp3) is 0.115. The lowest BCUT2D eigenvalue weighted by atomic mass is 10.1. The minimum absolute atomic E-state index is 0.0441. The first-order chi connectivity index (χ1) is 16.3. The minimum Gasteiger partial charge on any atom is -0.350 e. The molecule has 172 valence electrons. The molecule has 0 spiro atoms. The average molecular weight is 494 g/mol. The van der Waals surface area contributed by atoms with E-state index >= 15 is 0 Å². The maximum atomic E-state index is 13.0. The molecule has 3 aromatic carbocycles. The number of hydrogen-bond acceptors (Lipinski definition) is 4. The zero-order valence-corrected chi connectivity index (χ0v) is 20.0. The average Bonchev–Trinajstić information content (AvgIpc) is 3.04. The van der Waals surface area contributed by atoms with Crippen LogP contribution in [0.25, 0.3) is 0 Å². The minimum atomic E-state index is -0.606. The largest absolute Gasteiger partial charge is 0.350 e. The van der Waals surface area contributed by atoms with Gasteiger partial charge in [-0.3, -0.25) is 14.4 Å². The molecule has 4 rings (SSSR count). The summed E-state index contributed by atoms with van der Waals surface area (Å²) < 4.78 is 0. The molecule has 0 saturated heterocycles. The van der Waals surface area contributed by atoms with Crippen molar-refractivity contribution in [2.75, 3.05) is 15.5 Å². The molecule has 0 aliphatic carbocycles. The highest BCUT2D eigenvalue weighted by Gasteiger charge is 2.39. The summed E-state index contributed by atoms with van der Waals surface area (Å²) in [6, 6.07) is 18.9. The number of anilines is 3. The van der Waals surface area contributed by atoms with Crippen molar-refractivity contribution in [3.05, 3.63) is 99.2 Å². The van der Waals surface area contributed by atoms with E-state index in [4.69, 9.17) is 23.2 Å². The molecular weight excluding hydrogens is 473 g/mol. The van der Waals surface area contributed by atoms with E-state index in [2.05, 4.69) is 10.6 Å². The Hall–Kier alpha value is -3.61. The lowest BCUT2D eigenvalue weighted by molar-refractivity contribution is -0.120. The number of imide groups is 1. The van der Waals surface area contributed by atoms with Crippen LogP contribution in [0.3, 0.4) is 0 Å². The lowest BCUT2D eigenvalue weighted by Gasteiger charge is -2.15. The molecule has 3 aromatic rings. The molecule has 0 aromatic heterocycles. The van der Waals surface area contributed by atoms with Gasteiger partial charge in [0.15, 0.2) is 0 Å². The van der Waals surface area contributed by atoms with Gasteiger partial charge in [0.25, 0.3) is 17.7 Å². The van der Waals surface area contributed by atoms with Gasteiger partial charge in [-0.15, -0.1) is 0 Å². The van der Waals surface area contributed by atoms with E-state index in [-0.39, 0.29) is 16.6 Å². The van der Waals surface area contributed by atoms with Crippen LogP contribution in [0.5, 0.6) is 0 Å². The second-order valence-corrected chi connectivity index (χ2v) is 8.59. The van der Waals surface area contributed by atoms with E-state index in [1.807, 2.05) is 26.0 Å². The van der Waals surface area contributed by atoms with Crippen molar-refractivity contribution in [1.82, 2.24) is 0 Å². The monoisotopic (exact) mass is 493 g/mol. The fourth-order valence-electron chi connectivity index (χ4n) is 3.57. The number of nitrogens with zero attached hydrogens (tertiary/aromatic N) is 1. The van der Waals surface area contributed by atoms with Crippen molar-refractivity contribution >= 4 is 58.0 Å². The Bertz CT molecular complexity index is 1330. The van der Waals surface area contributed by atoms with Gasteiger partial charge in [-0.25, -0.2) is 4.90 Å². The van der Waals surface area contributed by atoms with Crippen LogP contribution in [0.2, 0.25) is 5.02 Å². The third-order valence-corrected chi connectivity index (χ3v) is 6.05. The quantitative estimate of drug-likeness (QED) is 0.419. The number of carbonyl (C=O) groups is 3. The molecule has 8 heteroatoms. The summed E-state index contributed by atoms with van der Waals surface area (Å²) in [6.07, 6.45) is 0.843. The molecule has 2 N–H and O–H groups in total. The number of aryl methyl sites for hydroxylation is 2. The first kappa shape index (κ1) is 23.5. The fourth-order valence-corrected chi connectivity index (χ4v) is 4.01. The summed E-state index contributed by atoms with van der Waals surface area (Å²) in [4.78, 5) is 39.5. The van der Waals surface area contributed by atoms with Gasteiger partial charge < -0.3 is 10.6 Å². The van der Waals surface area contributed by atoms with Crippen LogP contribution in [0.15, 0.2) is 77.5 Å². The van der Waals surface area contributed by atoms with E-state index in [9.17, 15) is 14.4 Å². The maximum Gasteiger partial charge on any atom is 0.283 e. The van der Waals surface area contributed by atoms with E-state index in [0.29, 0.717) is 27.6 Å². The van der Waals surface area contributed by atoms with Gasteiger partial charge in [-0.2, -0.15) is 0 Å². The molecule has 0 unspecified atom stereocenters. The summed E-state index contributed by atoms with van der Waals surface area (Å²) in [6.45, 7) is 3.87. The first-order valence-electron chi connectivity index (χ1n) is 10.6. The highest BCUT2D eigenvalue weighted by molar-refractivity contribution is 6.53. The number of rotatable bonds is 6. The number of nitrogens with one attached hydrogen (secondary N) is 2.